The van der Waals surface area contributed by atoms with Crippen LogP contribution in [-0.4, -0.2) is 30.1 Å². The average molecular weight is 444 g/mol. The number of carbonyl (C=O) groups excluding carboxylic acids is 3. The number of halogens is 1. The van der Waals surface area contributed by atoms with Crippen LogP contribution >= 0.6 is 0 Å². The zero-order chi connectivity index (χ0) is 23.6. The van der Waals surface area contributed by atoms with Crippen LogP contribution in [0.1, 0.15) is 44.7 Å². The van der Waals surface area contributed by atoms with Gasteiger partial charge in [0.25, 0.3) is 0 Å². The van der Waals surface area contributed by atoms with Gasteiger partial charge in [0.1, 0.15) is 11.4 Å². The molecule has 7 nitrogen and oxygen atoms in total. The number of carbonyl (C=O) groups is 3. The van der Waals surface area contributed by atoms with Crippen LogP contribution in [-0.2, 0) is 27.3 Å². The molecule has 0 unspecified atom stereocenters. The van der Waals surface area contributed by atoms with Crippen LogP contribution in [0.4, 0.5) is 14.9 Å². The van der Waals surface area contributed by atoms with Crippen molar-refractivity contribution in [2.24, 2.45) is 0 Å². The Balaban J connectivity index is 1.71. The molecule has 0 fully saturated rings. The Bertz CT molecular complexity index is 924. The summed E-state index contributed by atoms with van der Waals surface area (Å²) in [6, 6.07) is 13.2. The number of nitrogens with one attached hydrogen (secondary N) is 3. The molecule has 0 aliphatic rings. The standard InChI is InChI=1S/C24H30FN3O4/c1-24(2,3)32-23(31)26-14-13-22(30)28-20-6-4-5-18(15-20)16-27-21(29)12-9-17-7-10-19(25)11-8-17/h4-8,10-11,15H,9,12-14,16H2,1-3H3,(H,26,31)(H,27,29)(H,28,30). The third-order valence-electron chi connectivity index (χ3n) is 4.27. The molecular weight excluding hydrogens is 413 g/mol. The number of rotatable bonds is 9. The van der Waals surface area contributed by atoms with Crippen LogP contribution in [0.25, 0.3) is 0 Å². The van der Waals surface area contributed by atoms with E-state index in [-0.39, 0.29) is 30.6 Å². The summed E-state index contributed by atoms with van der Waals surface area (Å²) in [6.07, 6.45) is 0.359. The molecule has 0 heterocycles. The van der Waals surface area contributed by atoms with Crippen LogP contribution < -0.4 is 16.0 Å². The highest BCUT2D eigenvalue weighted by Gasteiger charge is 2.16. The van der Waals surface area contributed by atoms with E-state index in [2.05, 4.69) is 16.0 Å². The first-order valence-corrected chi connectivity index (χ1v) is 10.5. The summed E-state index contributed by atoms with van der Waals surface area (Å²) in [6.45, 7) is 5.78. The average Bonchev–Trinajstić information content (AvgIpc) is 2.71. The number of anilines is 1. The lowest BCUT2D eigenvalue weighted by atomic mass is 10.1. The van der Waals surface area contributed by atoms with Crippen molar-refractivity contribution in [1.29, 1.82) is 0 Å². The minimum absolute atomic E-state index is 0.101. The van der Waals surface area contributed by atoms with Gasteiger partial charge >= 0.3 is 6.09 Å². The van der Waals surface area contributed by atoms with E-state index >= 15 is 0 Å². The fourth-order valence-corrected chi connectivity index (χ4v) is 2.77. The number of hydrogen-bond acceptors (Lipinski definition) is 4. The molecule has 0 aliphatic carbocycles. The van der Waals surface area contributed by atoms with E-state index in [0.29, 0.717) is 25.1 Å². The van der Waals surface area contributed by atoms with Crippen molar-refractivity contribution >= 4 is 23.6 Å². The number of alkyl carbamates (subject to hydrolysis) is 1. The third kappa shape index (κ3) is 10.1. The maximum Gasteiger partial charge on any atom is 0.407 e. The lowest BCUT2D eigenvalue weighted by Crippen LogP contribution is -2.34. The molecule has 3 N–H and O–H groups in total. The van der Waals surface area contributed by atoms with E-state index in [4.69, 9.17) is 4.74 Å². The second kappa shape index (κ2) is 11.8. The Morgan fingerprint density at radius 3 is 2.31 bits per heavy atom. The quantitative estimate of drug-likeness (QED) is 0.547. The van der Waals surface area contributed by atoms with Gasteiger partial charge in [-0.25, -0.2) is 9.18 Å². The van der Waals surface area contributed by atoms with Gasteiger partial charge < -0.3 is 20.7 Å². The molecule has 0 spiro atoms. The summed E-state index contributed by atoms with van der Waals surface area (Å²) < 4.78 is 18.0. The Kier molecular flexibility index (Phi) is 9.19. The molecule has 2 aromatic rings. The second-order valence-corrected chi connectivity index (χ2v) is 8.33. The molecule has 0 saturated heterocycles. The number of aryl methyl sites for hydroxylation is 1. The molecule has 3 amide bonds. The zero-order valence-electron chi connectivity index (χ0n) is 18.7. The molecule has 0 saturated carbocycles. The van der Waals surface area contributed by atoms with Crippen molar-refractivity contribution in [3.63, 3.8) is 0 Å². The first-order chi connectivity index (χ1) is 15.1. The fraction of sp³-hybridized carbons (Fsp3) is 0.375. The summed E-state index contributed by atoms with van der Waals surface area (Å²) in [7, 11) is 0. The van der Waals surface area contributed by atoms with Gasteiger partial charge in [-0.3, -0.25) is 9.59 Å². The third-order valence-corrected chi connectivity index (χ3v) is 4.27. The van der Waals surface area contributed by atoms with Gasteiger partial charge in [0.05, 0.1) is 0 Å². The molecule has 8 heteroatoms. The van der Waals surface area contributed by atoms with E-state index in [1.54, 1.807) is 51.1 Å². The number of amides is 3. The SMILES string of the molecule is CC(C)(C)OC(=O)NCCC(=O)Nc1cccc(CNC(=O)CCc2ccc(F)cc2)c1. The predicted octanol–water partition coefficient (Wildman–Crippen LogP) is 3.93. The molecule has 0 bridgehead atoms. The van der Waals surface area contributed by atoms with Crippen molar-refractivity contribution in [2.75, 3.05) is 11.9 Å². The summed E-state index contributed by atoms with van der Waals surface area (Å²) >= 11 is 0. The van der Waals surface area contributed by atoms with Crippen molar-refractivity contribution in [3.05, 3.63) is 65.5 Å². The molecule has 2 aromatic carbocycles. The zero-order valence-corrected chi connectivity index (χ0v) is 18.7. The fourth-order valence-electron chi connectivity index (χ4n) is 2.77. The Morgan fingerprint density at radius 1 is 0.906 bits per heavy atom. The van der Waals surface area contributed by atoms with Gasteiger partial charge in [0.15, 0.2) is 0 Å². The highest BCUT2D eigenvalue weighted by molar-refractivity contribution is 5.91. The molecule has 32 heavy (non-hydrogen) atoms. The Hall–Kier alpha value is -3.42. The minimum Gasteiger partial charge on any atom is -0.444 e. The van der Waals surface area contributed by atoms with E-state index in [1.807, 2.05) is 6.07 Å². The normalized spacial score (nSPS) is 10.9. The second-order valence-electron chi connectivity index (χ2n) is 8.33. The first-order valence-electron chi connectivity index (χ1n) is 10.5. The van der Waals surface area contributed by atoms with Gasteiger partial charge in [-0.05, 0) is 62.6 Å². The Morgan fingerprint density at radius 2 is 1.62 bits per heavy atom. The highest BCUT2D eigenvalue weighted by Crippen LogP contribution is 2.12. The van der Waals surface area contributed by atoms with Crippen LogP contribution in [0.3, 0.4) is 0 Å². The molecule has 0 atom stereocenters. The smallest absolute Gasteiger partial charge is 0.407 e. The highest BCUT2D eigenvalue weighted by atomic mass is 19.1. The minimum atomic E-state index is -0.594. The Labute approximate surface area is 187 Å². The lowest BCUT2D eigenvalue weighted by Gasteiger charge is -2.19. The van der Waals surface area contributed by atoms with E-state index in [1.165, 1.54) is 12.1 Å². The molecule has 0 radical (unpaired) electrons. The largest absolute Gasteiger partial charge is 0.444 e. The van der Waals surface area contributed by atoms with Gasteiger partial charge in [-0.1, -0.05) is 24.3 Å². The molecule has 0 aromatic heterocycles. The van der Waals surface area contributed by atoms with Crippen LogP contribution in [0.15, 0.2) is 48.5 Å². The van der Waals surface area contributed by atoms with Crippen LogP contribution in [0, 0.1) is 5.82 Å². The topological polar surface area (TPSA) is 96.5 Å². The molecule has 172 valence electrons. The number of hydrogen-bond donors (Lipinski definition) is 3. The van der Waals surface area contributed by atoms with Crippen molar-refractivity contribution in [3.8, 4) is 0 Å². The molecule has 0 aliphatic heterocycles. The van der Waals surface area contributed by atoms with E-state index in [0.717, 1.165) is 11.1 Å². The van der Waals surface area contributed by atoms with Gasteiger partial charge in [0, 0.05) is 31.6 Å². The van der Waals surface area contributed by atoms with Crippen molar-refractivity contribution in [1.82, 2.24) is 10.6 Å². The maximum absolute atomic E-state index is 12.9. The van der Waals surface area contributed by atoms with Gasteiger partial charge in [0.2, 0.25) is 11.8 Å². The van der Waals surface area contributed by atoms with Gasteiger partial charge in [-0.2, -0.15) is 0 Å². The number of benzene rings is 2. The first kappa shape index (κ1) is 24.8. The van der Waals surface area contributed by atoms with E-state index in [9.17, 15) is 18.8 Å². The predicted molar refractivity (Wildman–Crippen MR) is 120 cm³/mol. The monoisotopic (exact) mass is 443 g/mol. The summed E-state index contributed by atoms with van der Waals surface area (Å²) in [5, 5.41) is 8.15. The summed E-state index contributed by atoms with van der Waals surface area (Å²) in [5.74, 6) is -0.664. The summed E-state index contributed by atoms with van der Waals surface area (Å²) in [4.78, 5) is 35.8. The van der Waals surface area contributed by atoms with Crippen LogP contribution in [0.5, 0.6) is 0 Å². The summed E-state index contributed by atoms with van der Waals surface area (Å²) in [5.41, 5.74) is 1.74. The van der Waals surface area contributed by atoms with E-state index < -0.39 is 11.7 Å². The molecular formula is C24H30FN3O4. The van der Waals surface area contributed by atoms with Crippen molar-refractivity contribution in [2.45, 2.75) is 52.2 Å². The number of ether oxygens (including phenoxy) is 1. The van der Waals surface area contributed by atoms with Crippen molar-refractivity contribution < 1.29 is 23.5 Å². The van der Waals surface area contributed by atoms with Crippen LogP contribution in [0.2, 0.25) is 0 Å². The lowest BCUT2D eigenvalue weighted by molar-refractivity contribution is -0.121. The van der Waals surface area contributed by atoms with Gasteiger partial charge in [-0.15, -0.1) is 0 Å². The molecule has 2 rings (SSSR count). The maximum atomic E-state index is 12.9.